The van der Waals surface area contributed by atoms with Crippen LogP contribution in [0.3, 0.4) is 0 Å². The van der Waals surface area contributed by atoms with Gasteiger partial charge in [-0.25, -0.2) is 0 Å². The van der Waals surface area contributed by atoms with Crippen LogP contribution in [-0.4, -0.2) is 33.1 Å². The van der Waals surface area contributed by atoms with Gasteiger partial charge in [0.25, 0.3) is 0 Å². The fraction of sp³-hybridized carbons (Fsp3) is 0.467. The van der Waals surface area contributed by atoms with Gasteiger partial charge in [-0.1, -0.05) is 11.6 Å². The van der Waals surface area contributed by atoms with Crippen LogP contribution in [0.1, 0.15) is 33.3 Å². The van der Waals surface area contributed by atoms with Gasteiger partial charge in [-0.2, -0.15) is 5.10 Å². The number of aromatic nitrogens is 3. The van der Waals surface area contributed by atoms with Gasteiger partial charge in [0.05, 0.1) is 22.8 Å². The first-order valence-corrected chi connectivity index (χ1v) is 7.62. The van der Waals surface area contributed by atoms with Crippen molar-refractivity contribution in [2.45, 2.75) is 45.4 Å². The lowest BCUT2D eigenvalue weighted by Crippen LogP contribution is -2.41. The Bertz CT molecular complexity index is 671. The van der Waals surface area contributed by atoms with Crippen molar-refractivity contribution in [3.8, 4) is 0 Å². The van der Waals surface area contributed by atoms with E-state index in [1.165, 1.54) is 0 Å². The van der Waals surface area contributed by atoms with Crippen molar-refractivity contribution in [1.82, 2.24) is 14.8 Å². The molecule has 0 aliphatic carbocycles. The number of hydrogen-bond acceptors (Lipinski definition) is 4. The second kappa shape index (κ2) is 5.37. The molecule has 3 heterocycles. The van der Waals surface area contributed by atoms with Crippen LogP contribution in [0.4, 0.5) is 0 Å². The molecule has 2 aromatic heterocycles. The molecule has 0 aromatic carbocycles. The highest BCUT2D eigenvalue weighted by Crippen LogP contribution is 2.36. The van der Waals surface area contributed by atoms with E-state index in [-0.39, 0.29) is 11.2 Å². The first kappa shape index (κ1) is 15.5. The van der Waals surface area contributed by atoms with Crippen LogP contribution in [0.25, 0.3) is 0 Å². The molecule has 1 aliphatic heterocycles. The molecular weight excluding hydrogens is 300 g/mol. The summed E-state index contributed by atoms with van der Waals surface area (Å²) in [5.74, 6) is 0. The van der Waals surface area contributed by atoms with Gasteiger partial charge in [0, 0.05) is 30.3 Å². The Hall–Kier alpha value is -1.37. The van der Waals surface area contributed by atoms with E-state index in [0.717, 1.165) is 11.0 Å². The Morgan fingerprint density at radius 1 is 1.14 bits per heavy atom. The fourth-order valence-corrected chi connectivity index (χ4v) is 2.49. The van der Waals surface area contributed by atoms with Crippen LogP contribution < -0.4 is 5.46 Å². The van der Waals surface area contributed by atoms with E-state index in [2.05, 4.69) is 10.1 Å². The average molecular weight is 320 g/mol. The van der Waals surface area contributed by atoms with Gasteiger partial charge in [0.2, 0.25) is 0 Å². The van der Waals surface area contributed by atoms with Crippen LogP contribution in [0.5, 0.6) is 0 Å². The predicted octanol–water partition coefficient (Wildman–Crippen LogP) is 2.28. The van der Waals surface area contributed by atoms with E-state index in [9.17, 15) is 0 Å². The fourth-order valence-electron chi connectivity index (χ4n) is 2.30. The second-order valence-corrected chi connectivity index (χ2v) is 7.01. The first-order valence-electron chi connectivity index (χ1n) is 7.24. The van der Waals surface area contributed by atoms with Gasteiger partial charge in [0.1, 0.15) is 0 Å². The minimum Gasteiger partial charge on any atom is -0.399 e. The summed E-state index contributed by atoms with van der Waals surface area (Å²) >= 11 is 5.95. The summed E-state index contributed by atoms with van der Waals surface area (Å²) in [5, 5.41) is 4.99. The summed E-state index contributed by atoms with van der Waals surface area (Å²) in [6.45, 7) is 8.75. The lowest BCUT2D eigenvalue weighted by molar-refractivity contribution is 0.00578. The molecule has 0 spiro atoms. The standard InChI is InChI=1S/C15H19BClN3O2/c1-14(2)15(3,4)22-16(21-14)12-7-19-20(10-12)9-11-5-13(17)8-18-6-11/h5-8,10H,9H2,1-4H3. The van der Waals surface area contributed by atoms with E-state index in [4.69, 9.17) is 20.9 Å². The first-order chi connectivity index (χ1) is 10.3. The van der Waals surface area contributed by atoms with E-state index in [1.54, 1.807) is 18.6 Å². The minimum absolute atomic E-state index is 0.351. The van der Waals surface area contributed by atoms with Crippen molar-refractivity contribution < 1.29 is 9.31 Å². The zero-order valence-electron chi connectivity index (χ0n) is 13.2. The Kier molecular flexibility index (Phi) is 3.79. The maximum atomic E-state index is 6.02. The number of halogens is 1. The second-order valence-electron chi connectivity index (χ2n) is 6.57. The topological polar surface area (TPSA) is 49.2 Å². The predicted molar refractivity (Wildman–Crippen MR) is 86.3 cm³/mol. The maximum Gasteiger partial charge on any atom is 0.498 e. The third-order valence-corrected chi connectivity index (χ3v) is 4.49. The molecule has 1 saturated heterocycles. The van der Waals surface area contributed by atoms with Crippen LogP contribution in [0.15, 0.2) is 30.9 Å². The third-order valence-electron chi connectivity index (χ3n) is 4.28. The lowest BCUT2D eigenvalue weighted by atomic mass is 9.82. The van der Waals surface area contributed by atoms with Crippen LogP contribution >= 0.6 is 11.6 Å². The quantitative estimate of drug-likeness (QED) is 0.814. The highest BCUT2D eigenvalue weighted by atomic mass is 35.5. The van der Waals surface area contributed by atoms with Crippen LogP contribution in [-0.2, 0) is 15.9 Å². The highest BCUT2D eigenvalue weighted by Gasteiger charge is 2.52. The van der Waals surface area contributed by atoms with Crippen molar-refractivity contribution in [3.63, 3.8) is 0 Å². The molecule has 0 radical (unpaired) electrons. The van der Waals surface area contributed by atoms with E-state index in [0.29, 0.717) is 11.6 Å². The van der Waals surface area contributed by atoms with Crippen molar-refractivity contribution >= 4 is 24.2 Å². The molecule has 2 aromatic rings. The summed E-state index contributed by atoms with van der Waals surface area (Å²) in [7, 11) is -0.392. The van der Waals surface area contributed by atoms with Gasteiger partial charge in [-0.15, -0.1) is 0 Å². The van der Waals surface area contributed by atoms with Crippen molar-refractivity contribution in [1.29, 1.82) is 0 Å². The number of nitrogens with zero attached hydrogens (tertiary/aromatic N) is 3. The van der Waals surface area contributed by atoms with Crippen molar-refractivity contribution in [2.24, 2.45) is 0 Å². The maximum absolute atomic E-state index is 6.02. The van der Waals surface area contributed by atoms with E-state index >= 15 is 0 Å². The molecular formula is C15H19BClN3O2. The molecule has 0 saturated carbocycles. The van der Waals surface area contributed by atoms with Gasteiger partial charge < -0.3 is 9.31 Å². The highest BCUT2D eigenvalue weighted by molar-refractivity contribution is 6.62. The Labute approximate surface area is 135 Å². The Morgan fingerprint density at radius 2 is 1.82 bits per heavy atom. The monoisotopic (exact) mass is 319 g/mol. The zero-order chi connectivity index (χ0) is 16.0. The number of pyridine rings is 1. The molecule has 3 rings (SSSR count). The minimum atomic E-state index is -0.392. The average Bonchev–Trinajstić information content (AvgIpc) is 2.93. The molecule has 7 heteroatoms. The molecule has 22 heavy (non-hydrogen) atoms. The lowest BCUT2D eigenvalue weighted by Gasteiger charge is -2.32. The SMILES string of the molecule is CC1(C)OB(c2cnn(Cc3cncc(Cl)c3)c2)OC1(C)C. The van der Waals surface area contributed by atoms with Crippen LogP contribution in [0.2, 0.25) is 5.02 Å². The summed E-state index contributed by atoms with van der Waals surface area (Å²) in [5.41, 5.74) is 1.21. The summed E-state index contributed by atoms with van der Waals surface area (Å²) in [4.78, 5) is 4.08. The summed E-state index contributed by atoms with van der Waals surface area (Å²) < 4.78 is 13.9. The Balaban J connectivity index is 1.75. The molecule has 0 bridgehead atoms. The molecule has 0 atom stereocenters. The Morgan fingerprint density at radius 3 is 2.45 bits per heavy atom. The van der Waals surface area contributed by atoms with Gasteiger partial charge >= 0.3 is 7.12 Å². The van der Waals surface area contributed by atoms with Crippen molar-refractivity contribution in [2.75, 3.05) is 0 Å². The van der Waals surface area contributed by atoms with Gasteiger partial charge in [-0.3, -0.25) is 9.67 Å². The summed E-state index contributed by atoms with van der Waals surface area (Å²) in [6.07, 6.45) is 7.11. The molecule has 0 unspecified atom stereocenters. The molecule has 1 fully saturated rings. The number of rotatable bonds is 3. The van der Waals surface area contributed by atoms with Gasteiger partial charge in [0.15, 0.2) is 0 Å². The zero-order valence-corrected chi connectivity index (χ0v) is 14.0. The van der Waals surface area contributed by atoms with E-state index < -0.39 is 7.12 Å². The van der Waals surface area contributed by atoms with Crippen molar-refractivity contribution in [3.05, 3.63) is 41.4 Å². The van der Waals surface area contributed by atoms with E-state index in [1.807, 2.05) is 44.6 Å². The normalized spacial score (nSPS) is 19.6. The molecule has 0 amide bonds. The van der Waals surface area contributed by atoms with Crippen LogP contribution in [0, 0.1) is 0 Å². The molecule has 0 N–H and O–H groups in total. The molecule has 5 nitrogen and oxygen atoms in total. The third kappa shape index (κ3) is 2.91. The largest absolute Gasteiger partial charge is 0.498 e. The molecule has 116 valence electrons. The van der Waals surface area contributed by atoms with Gasteiger partial charge in [-0.05, 0) is 39.3 Å². The summed E-state index contributed by atoms with van der Waals surface area (Å²) in [6, 6.07) is 1.88. The smallest absolute Gasteiger partial charge is 0.399 e. The number of hydrogen-bond donors (Lipinski definition) is 0. The molecule has 1 aliphatic rings.